The number of anilines is 2. The molecule has 1 aromatic rings. The van der Waals surface area contributed by atoms with Crippen LogP contribution in [0.3, 0.4) is 0 Å². The summed E-state index contributed by atoms with van der Waals surface area (Å²) in [6.45, 7) is 6.24. The first kappa shape index (κ1) is 18.3. The third-order valence-corrected chi connectivity index (χ3v) is 3.62. The van der Waals surface area contributed by atoms with Crippen molar-refractivity contribution in [2.45, 2.75) is 33.2 Å². The summed E-state index contributed by atoms with van der Waals surface area (Å²) >= 11 is 3.40. The van der Waals surface area contributed by atoms with E-state index >= 15 is 0 Å². The van der Waals surface area contributed by atoms with Gasteiger partial charge >= 0.3 is 6.09 Å². The van der Waals surface area contributed by atoms with Crippen LogP contribution in [0.4, 0.5) is 16.2 Å². The van der Waals surface area contributed by atoms with Crippen molar-refractivity contribution in [3.8, 4) is 0 Å². The Balaban J connectivity index is 2.69. The fraction of sp³-hybridized carbons (Fsp3) is 0.467. The quantitative estimate of drug-likeness (QED) is 0.590. The fourth-order valence-electron chi connectivity index (χ4n) is 2.13. The van der Waals surface area contributed by atoms with E-state index in [1.54, 1.807) is 13.8 Å². The molecule has 2 unspecified atom stereocenters. The highest BCUT2D eigenvalue weighted by Crippen LogP contribution is 2.26. The van der Waals surface area contributed by atoms with Crippen molar-refractivity contribution < 1.29 is 14.7 Å². The lowest BCUT2D eigenvalue weighted by atomic mass is 10.0. The molecule has 7 heteroatoms. The van der Waals surface area contributed by atoms with Crippen LogP contribution < -0.4 is 16.0 Å². The second-order valence-corrected chi connectivity index (χ2v) is 6.11. The van der Waals surface area contributed by atoms with Crippen LogP contribution in [0, 0.1) is 5.92 Å². The molecule has 0 aliphatic heterocycles. The van der Waals surface area contributed by atoms with E-state index in [4.69, 9.17) is 5.11 Å². The number of benzene rings is 1. The van der Waals surface area contributed by atoms with E-state index in [2.05, 4.69) is 31.9 Å². The number of nitrogens with one attached hydrogen (secondary N) is 3. The third-order valence-electron chi connectivity index (χ3n) is 3.13. The normalized spacial score (nSPS) is 13.1. The van der Waals surface area contributed by atoms with Crippen molar-refractivity contribution >= 4 is 39.3 Å². The number of hydrogen-bond acceptors (Lipinski definition) is 3. The molecule has 0 aliphatic rings. The van der Waals surface area contributed by atoms with Crippen molar-refractivity contribution in [1.29, 1.82) is 0 Å². The smallest absolute Gasteiger partial charge is 0.404 e. The van der Waals surface area contributed by atoms with Gasteiger partial charge in [0.15, 0.2) is 0 Å². The molecule has 22 heavy (non-hydrogen) atoms. The molecule has 2 amide bonds. The summed E-state index contributed by atoms with van der Waals surface area (Å²) < 4.78 is 0.925. The van der Waals surface area contributed by atoms with Gasteiger partial charge in [0, 0.05) is 23.0 Å². The molecule has 0 saturated carbocycles. The van der Waals surface area contributed by atoms with Crippen LogP contribution in [-0.2, 0) is 4.79 Å². The van der Waals surface area contributed by atoms with Crippen LogP contribution in [-0.4, -0.2) is 29.7 Å². The molecule has 0 bridgehead atoms. The van der Waals surface area contributed by atoms with E-state index in [0.29, 0.717) is 12.1 Å². The Morgan fingerprint density at radius 3 is 2.55 bits per heavy atom. The predicted octanol–water partition coefficient (Wildman–Crippen LogP) is 3.50. The highest BCUT2D eigenvalue weighted by molar-refractivity contribution is 9.10. The Morgan fingerprint density at radius 2 is 1.95 bits per heavy atom. The second kappa shape index (κ2) is 8.63. The van der Waals surface area contributed by atoms with Gasteiger partial charge in [-0.15, -0.1) is 0 Å². The molecule has 0 spiro atoms. The van der Waals surface area contributed by atoms with Crippen molar-refractivity contribution in [2.75, 3.05) is 17.2 Å². The molecule has 0 fully saturated rings. The Kier molecular flexibility index (Phi) is 7.17. The van der Waals surface area contributed by atoms with Crippen LogP contribution in [0.1, 0.15) is 27.2 Å². The summed E-state index contributed by atoms with van der Waals surface area (Å²) in [5, 5.41) is 17.1. The first-order chi connectivity index (χ1) is 10.3. The zero-order valence-corrected chi connectivity index (χ0v) is 14.5. The minimum atomic E-state index is -1.08. The van der Waals surface area contributed by atoms with E-state index in [1.807, 2.05) is 25.1 Å². The van der Waals surface area contributed by atoms with E-state index in [-0.39, 0.29) is 17.9 Å². The number of rotatable bonds is 7. The van der Waals surface area contributed by atoms with Gasteiger partial charge in [-0.2, -0.15) is 0 Å². The lowest BCUT2D eigenvalue weighted by Gasteiger charge is -2.18. The van der Waals surface area contributed by atoms with Crippen molar-refractivity contribution in [3.63, 3.8) is 0 Å². The second-order valence-electron chi connectivity index (χ2n) is 5.20. The Labute approximate surface area is 138 Å². The summed E-state index contributed by atoms with van der Waals surface area (Å²) in [7, 11) is 0. The van der Waals surface area contributed by atoms with Crippen LogP contribution in [0.2, 0.25) is 0 Å². The van der Waals surface area contributed by atoms with Gasteiger partial charge in [0.1, 0.15) is 0 Å². The summed E-state index contributed by atoms with van der Waals surface area (Å²) in [6.07, 6.45) is -0.645. The number of halogens is 1. The molecule has 0 heterocycles. The van der Waals surface area contributed by atoms with Crippen LogP contribution in [0.5, 0.6) is 0 Å². The van der Waals surface area contributed by atoms with Crippen molar-refractivity contribution in [1.82, 2.24) is 5.32 Å². The van der Waals surface area contributed by atoms with Crippen LogP contribution >= 0.6 is 15.9 Å². The molecular formula is C15H22BrN3O3. The highest BCUT2D eigenvalue weighted by Gasteiger charge is 2.18. The maximum atomic E-state index is 12.2. The minimum Gasteiger partial charge on any atom is -0.465 e. The van der Waals surface area contributed by atoms with Crippen LogP contribution in [0.25, 0.3) is 0 Å². The number of carbonyl (C=O) groups is 2. The lowest BCUT2D eigenvalue weighted by molar-refractivity contribution is -0.119. The molecular weight excluding hydrogens is 350 g/mol. The molecule has 0 saturated heterocycles. The molecule has 0 radical (unpaired) electrons. The van der Waals surface area contributed by atoms with Gasteiger partial charge in [0.05, 0.1) is 11.4 Å². The third kappa shape index (κ3) is 5.93. The average molecular weight is 372 g/mol. The number of hydrogen-bond donors (Lipinski definition) is 4. The molecule has 0 aliphatic carbocycles. The van der Waals surface area contributed by atoms with E-state index in [0.717, 1.165) is 16.7 Å². The average Bonchev–Trinajstić information content (AvgIpc) is 2.40. The van der Waals surface area contributed by atoms with Gasteiger partial charge in [-0.05, 0) is 38.5 Å². The molecule has 0 aromatic heterocycles. The van der Waals surface area contributed by atoms with E-state index < -0.39 is 6.09 Å². The van der Waals surface area contributed by atoms with Crippen molar-refractivity contribution in [2.24, 2.45) is 5.92 Å². The van der Waals surface area contributed by atoms with Crippen LogP contribution in [0.15, 0.2) is 22.7 Å². The first-order valence-electron chi connectivity index (χ1n) is 7.17. The first-order valence-corrected chi connectivity index (χ1v) is 7.96. The largest absolute Gasteiger partial charge is 0.465 e. The zero-order chi connectivity index (χ0) is 16.7. The van der Waals surface area contributed by atoms with Gasteiger partial charge in [0.2, 0.25) is 5.91 Å². The molecule has 2 atom stereocenters. The number of carboxylic acid groups (broad SMARTS) is 1. The molecule has 122 valence electrons. The summed E-state index contributed by atoms with van der Waals surface area (Å²) in [6, 6.07) is 5.30. The van der Waals surface area contributed by atoms with E-state index in [9.17, 15) is 9.59 Å². The molecule has 6 nitrogen and oxygen atoms in total. The van der Waals surface area contributed by atoms with Gasteiger partial charge in [-0.1, -0.05) is 22.9 Å². The van der Waals surface area contributed by atoms with Gasteiger partial charge in [0.25, 0.3) is 0 Å². The van der Waals surface area contributed by atoms with Gasteiger partial charge in [-0.3, -0.25) is 4.79 Å². The topological polar surface area (TPSA) is 90.5 Å². The molecule has 1 aromatic carbocycles. The monoisotopic (exact) mass is 371 g/mol. The number of amides is 2. The summed E-state index contributed by atoms with van der Waals surface area (Å²) in [5.74, 6) is -0.444. The summed E-state index contributed by atoms with van der Waals surface area (Å²) in [5.41, 5.74) is 1.55. The van der Waals surface area contributed by atoms with Gasteiger partial charge in [-0.25, -0.2) is 4.79 Å². The van der Waals surface area contributed by atoms with Gasteiger partial charge < -0.3 is 21.1 Å². The maximum absolute atomic E-state index is 12.2. The fourth-order valence-corrected chi connectivity index (χ4v) is 2.49. The highest BCUT2D eigenvalue weighted by atomic mass is 79.9. The summed E-state index contributed by atoms with van der Waals surface area (Å²) in [4.78, 5) is 22.8. The standard InChI is InChI=1S/C15H22BrN3O3/c1-4-17-13-8-11(16)5-6-12(13)19-14(20)9(2)7-10(3)18-15(21)22/h5-6,8-10,17-18H,4,7H2,1-3H3,(H,19,20)(H,21,22). The SMILES string of the molecule is CCNc1cc(Br)ccc1NC(=O)C(C)CC(C)NC(=O)O. The Morgan fingerprint density at radius 1 is 1.27 bits per heavy atom. The predicted molar refractivity (Wildman–Crippen MR) is 91.3 cm³/mol. The molecule has 1 rings (SSSR count). The maximum Gasteiger partial charge on any atom is 0.404 e. The Hall–Kier alpha value is -1.76. The van der Waals surface area contributed by atoms with E-state index in [1.165, 1.54) is 0 Å². The lowest BCUT2D eigenvalue weighted by Crippen LogP contribution is -2.34. The number of carbonyl (C=O) groups excluding carboxylic acids is 1. The zero-order valence-electron chi connectivity index (χ0n) is 12.9. The minimum absolute atomic E-state index is 0.138. The molecule has 4 N–H and O–H groups in total. The van der Waals surface area contributed by atoms with Crippen molar-refractivity contribution in [3.05, 3.63) is 22.7 Å². The Bertz CT molecular complexity index is 537.